The molecular weight excluding hydrogens is 430 g/mol. The van der Waals surface area contributed by atoms with Gasteiger partial charge in [-0.1, -0.05) is 18.2 Å². The first-order valence-electron chi connectivity index (χ1n) is 10.9. The number of nitrogens with one attached hydrogen (secondary N) is 1. The third-order valence-electron chi connectivity index (χ3n) is 6.23. The Hall–Kier alpha value is -2.88. The minimum Gasteiger partial charge on any atom is -0.365 e. The van der Waals surface area contributed by atoms with Crippen molar-refractivity contribution >= 4 is 27.3 Å². The molecule has 2 aromatic rings. The van der Waals surface area contributed by atoms with Gasteiger partial charge in [-0.05, 0) is 32.4 Å². The molecule has 172 valence electrons. The van der Waals surface area contributed by atoms with Gasteiger partial charge >= 0.3 is 0 Å². The molecule has 9 nitrogen and oxygen atoms in total. The second kappa shape index (κ2) is 8.93. The molecule has 2 aliphatic rings. The van der Waals surface area contributed by atoms with Crippen LogP contribution in [0, 0.1) is 13.8 Å². The van der Waals surface area contributed by atoms with Gasteiger partial charge in [-0.3, -0.25) is 14.3 Å². The number of benzene rings is 1. The molecule has 1 aromatic carbocycles. The topological polar surface area (TPSA) is 105 Å². The number of rotatable bonds is 5. The fraction of sp³-hybridized carbons (Fsp3) is 0.500. The fourth-order valence-electron chi connectivity index (χ4n) is 4.57. The Labute approximate surface area is 188 Å². The highest BCUT2D eigenvalue weighted by Crippen LogP contribution is 2.31. The summed E-state index contributed by atoms with van der Waals surface area (Å²) in [6, 6.07) is 8.73. The summed E-state index contributed by atoms with van der Waals surface area (Å²) in [5.74, 6) is -0.00221. The van der Waals surface area contributed by atoms with Crippen LogP contribution in [-0.2, 0) is 14.6 Å². The van der Waals surface area contributed by atoms with E-state index in [4.69, 9.17) is 0 Å². The average Bonchev–Trinajstić information content (AvgIpc) is 3.30. The lowest BCUT2D eigenvalue weighted by Crippen LogP contribution is -2.51. The summed E-state index contributed by atoms with van der Waals surface area (Å²) >= 11 is 0. The van der Waals surface area contributed by atoms with Crippen LogP contribution in [0.4, 0.5) is 5.69 Å². The fourth-order valence-corrected chi connectivity index (χ4v) is 6.27. The highest BCUT2D eigenvalue weighted by molar-refractivity contribution is 7.91. The number of nitrogens with zero attached hydrogens (tertiary/aromatic N) is 4. The summed E-state index contributed by atoms with van der Waals surface area (Å²) in [6.07, 6.45) is 0.598. The summed E-state index contributed by atoms with van der Waals surface area (Å²) in [4.78, 5) is 28.7. The highest BCUT2D eigenvalue weighted by Gasteiger charge is 2.33. The molecule has 1 atom stereocenters. The Kier molecular flexibility index (Phi) is 6.23. The number of piperazine rings is 1. The van der Waals surface area contributed by atoms with Crippen LogP contribution in [0.2, 0.25) is 0 Å². The smallest absolute Gasteiger partial charge is 0.251 e. The Bertz CT molecular complexity index is 1100. The van der Waals surface area contributed by atoms with Crippen molar-refractivity contribution in [3.05, 3.63) is 47.3 Å². The summed E-state index contributed by atoms with van der Waals surface area (Å²) in [7, 11) is -2.98. The maximum atomic E-state index is 12.6. The van der Waals surface area contributed by atoms with Gasteiger partial charge in [-0.2, -0.15) is 5.10 Å². The van der Waals surface area contributed by atoms with Crippen LogP contribution in [0.3, 0.4) is 0 Å². The highest BCUT2D eigenvalue weighted by atomic mass is 32.2. The monoisotopic (exact) mass is 459 g/mol. The standard InChI is InChI=1S/C22H29N5O4S/c1-16-21(17(2)27(24-16)19-8-13-32(30,31)15-19)26-11-9-25(10-12-26)20(28)14-23-22(29)18-6-4-3-5-7-18/h3-7,19H,8-15H2,1-2H3,(H,23,29). The molecule has 2 saturated heterocycles. The van der Waals surface area contributed by atoms with Crippen molar-refractivity contribution in [2.75, 3.05) is 49.1 Å². The van der Waals surface area contributed by atoms with E-state index in [0.717, 1.165) is 17.1 Å². The summed E-state index contributed by atoms with van der Waals surface area (Å²) in [5.41, 5.74) is 3.41. The average molecular weight is 460 g/mol. The van der Waals surface area contributed by atoms with E-state index in [-0.39, 0.29) is 35.9 Å². The van der Waals surface area contributed by atoms with Gasteiger partial charge in [0.25, 0.3) is 5.91 Å². The van der Waals surface area contributed by atoms with Crippen LogP contribution in [0.5, 0.6) is 0 Å². The maximum absolute atomic E-state index is 12.6. The minimum absolute atomic E-state index is 0.0279. The quantitative estimate of drug-likeness (QED) is 0.714. The van der Waals surface area contributed by atoms with Gasteiger partial charge in [-0.15, -0.1) is 0 Å². The molecule has 0 spiro atoms. The van der Waals surface area contributed by atoms with Gasteiger partial charge < -0.3 is 15.1 Å². The molecule has 4 rings (SSSR count). The van der Waals surface area contributed by atoms with E-state index in [1.807, 2.05) is 24.6 Å². The number of hydrogen-bond donors (Lipinski definition) is 1. The van der Waals surface area contributed by atoms with E-state index >= 15 is 0 Å². The van der Waals surface area contributed by atoms with E-state index < -0.39 is 9.84 Å². The van der Waals surface area contributed by atoms with Gasteiger partial charge in [0.15, 0.2) is 9.84 Å². The molecule has 0 radical (unpaired) electrons. The first-order chi connectivity index (χ1) is 15.2. The molecule has 0 saturated carbocycles. The van der Waals surface area contributed by atoms with Gasteiger partial charge in [0.1, 0.15) is 0 Å². The van der Waals surface area contributed by atoms with Gasteiger partial charge in [-0.25, -0.2) is 8.42 Å². The minimum atomic E-state index is -2.98. The lowest BCUT2D eigenvalue weighted by atomic mass is 10.2. The molecule has 2 fully saturated rings. The summed E-state index contributed by atoms with van der Waals surface area (Å²) < 4.78 is 25.6. The molecule has 0 aliphatic carbocycles. The van der Waals surface area contributed by atoms with E-state index in [1.54, 1.807) is 29.2 Å². The Morgan fingerprint density at radius 2 is 1.78 bits per heavy atom. The predicted octanol–water partition coefficient (Wildman–Crippen LogP) is 0.938. The van der Waals surface area contributed by atoms with Crippen LogP contribution < -0.4 is 10.2 Å². The van der Waals surface area contributed by atoms with E-state index in [9.17, 15) is 18.0 Å². The molecule has 1 aromatic heterocycles. The molecule has 1 unspecified atom stereocenters. The Morgan fingerprint density at radius 3 is 2.41 bits per heavy atom. The predicted molar refractivity (Wildman–Crippen MR) is 122 cm³/mol. The van der Waals surface area contributed by atoms with Gasteiger partial charge in [0.05, 0.1) is 41.2 Å². The van der Waals surface area contributed by atoms with Crippen molar-refractivity contribution in [2.45, 2.75) is 26.3 Å². The van der Waals surface area contributed by atoms with E-state index in [0.29, 0.717) is 38.2 Å². The largest absolute Gasteiger partial charge is 0.365 e. The molecular formula is C22H29N5O4S. The van der Waals surface area contributed by atoms with Crippen LogP contribution in [-0.4, -0.2) is 79.1 Å². The lowest BCUT2D eigenvalue weighted by Gasteiger charge is -2.36. The zero-order chi connectivity index (χ0) is 22.9. The molecule has 1 N–H and O–H groups in total. The maximum Gasteiger partial charge on any atom is 0.251 e. The number of amides is 2. The number of sulfone groups is 1. The summed E-state index contributed by atoms with van der Waals surface area (Å²) in [6.45, 7) is 6.34. The van der Waals surface area contributed by atoms with Gasteiger partial charge in [0, 0.05) is 31.7 Å². The van der Waals surface area contributed by atoms with Crippen LogP contribution in [0.15, 0.2) is 30.3 Å². The van der Waals surface area contributed by atoms with Crippen molar-refractivity contribution in [1.29, 1.82) is 0 Å². The third kappa shape index (κ3) is 4.64. The molecule has 2 aliphatic heterocycles. The molecule has 2 amide bonds. The first kappa shape index (κ1) is 22.3. The number of aryl methyl sites for hydroxylation is 1. The zero-order valence-corrected chi connectivity index (χ0v) is 19.3. The number of carbonyl (C=O) groups is 2. The third-order valence-corrected chi connectivity index (χ3v) is 7.98. The van der Waals surface area contributed by atoms with E-state index in [1.165, 1.54) is 0 Å². The van der Waals surface area contributed by atoms with Crippen LogP contribution >= 0.6 is 0 Å². The zero-order valence-electron chi connectivity index (χ0n) is 18.5. The lowest BCUT2D eigenvalue weighted by molar-refractivity contribution is -0.130. The van der Waals surface area contributed by atoms with Crippen molar-refractivity contribution < 1.29 is 18.0 Å². The number of carbonyl (C=O) groups excluding carboxylic acids is 2. The van der Waals surface area contributed by atoms with Crippen molar-refractivity contribution in [2.24, 2.45) is 0 Å². The molecule has 3 heterocycles. The van der Waals surface area contributed by atoms with Crippen molar-refractivity contribution in [3.63, 3.8) is 0 Å². The van der Waals surface area contributed by atoms with Crippen molar-refractivity contribution in [3.8, 4) is 0 Å². The van der Waals surface area contributed by atoms with Crippen molar-refractivity contribution in [1.82, 2.24) is 20.0 Å². The molecule has 32 heavy (non-hydrogen) atoms. The second-order valence-corrected chi connectivity index (χ2v) is 10.7. The normalized spacial score (nSPS) is 20.4. The Balaban J connectivity index is 1.34. The second-order valence-electron chi connectivity index (χ2n) is 8.44. The number of aromatic nitrogens is 2. The molecule has 10 heteroatoms. The van der Waals surface area contributed by atoms with E-state index in [2.05, 4.69) is 15.3 Å². The first-order valence-corrected chi connectivity index (χ1v) is 12.7. The number of anilines is 1. The SMILES string of the molecule is Cc1nn(C2CCS(=O)(=O)C2)c(C)c1N1CCN(C(=O)CNC(=O)c2ccccc2)CC1. The van der Waals surface area contributed by atoms with Gasteiger partial charge in [0.2, 0.25) is 5.91 Å². The van der Waals surface area contributed by atoms with Crippen LogP contribution in [0.1, 0.15) is 34.2 Å². The number of hydrogen-bond acceptors (Lipinski definition) is 6. The molecule has 0 bridgehead atoms. The van der Waals surface area contributed by atoms with Crippen LogP contribution in [0.25, 0.3) is 0 Å². The Morgan fingerprint density at radius 1 is 1.09 bits per heavy atom. The summed E-state index contributed by atoms with van der Waals surface area (Å²) in [5, 5.41) is 7.34.